The summed E-state index contributed by atoms with van der Waals surface area (Å²) >= 11 is 1.31. The van der Waals surface area contributed by atoms with Crippen LogP contribution in [-0.2, 0) is 0 Å². The van der Waals surface area contributed by atoms with Gasteiger partial charge in [-0.1, -0.05) is 0 Å². The third kappa shape index (κ3) is 3.16. The number of pyridine rings is 1. The number of aromatic carboxylic acids is 1. The van der Waals surface area contributed by atoms with Crippen LogP contribution in [0.1, 0.15) is 39.0 Å². The minimum atomic E-state index is -1.12. The van der Waals surface area contributed by atoms with Gasteiger partial charge in [-0.15, -0.1) is 11.3 Å². The minimum absolute atomic E-state index is 0.0871. The second kappa shape index (κ2) is 5.76. The molecular formula is C12H12N4O3S. The Morgan fingerprint density at radius 1 is 1.40 bits per heavy atom. The second-order valence-electron chi connectivity index (χ2n) is 4.05. The molecule has 0 aromatic carbocycles. The van der Waals surface area contributed by atoms with Crippen LogP contribution in [0.15, 0.2) is 23.7 Å². The Bertz CT molecular complexity index is 636. The van der Waals surface area contributed by atoms with Gasteiger partial charge >= 0.3 is 5.97 Å². The number of hydrogen-bond donors (Lipinski definition) is 3. The third-order valence-corrected chi connectivity index (χ3v) is 3.43. The van der Waals surface area contributed by atoms with Crippen molar-refractivity contribution in [1.29, 1.82) is 0 Å². The second-order valence-corrected chi connectivity index (χ2v) is 4.94. The van der Waals surface area contributed by atoms with Crippen molar-refractivity contribution in [3.63, 3.8) is 0 Å². The molecule has 7 nitrogen and oxygen atoms in total. The highest BCUT2D eigenvalue weighted by atomic mass is 32.1. The molecule has 0 bridgehead atoms. The topological polar surface area (TPSA) is 118 Å². The molecule has 2 aromatic heterocycles. The van der Waals surface area contributed by atoms with E-state index in [1.165, 1.54) is 29.7 Å². The number of nitrogens with zero attached hydrogens (tertiary/aromatic N) is 2. The van der Waals surface area contributed by atoms with E-state index in [0.29, 0.717) is 10.7 Å². The number of rotatable bonds is 4. The number of hydrogen-bond acceptors (Lipinski definition) is 6. The first-order chi connectivity index (χ1) is 9.47. The van der Waals surface area contributed by atoms with Crippen LogP contribution < -0.4 is 11.1 Å². The first-order valence-electron chi connectivity index (χ1n) is 5.69. The van der Waals surface area contributed by atoms with Gasteiger partial charge in [0.2, 0.25) is 0 Å². The first-order valence-corrected chi connectivity index (χ1v) is 6.57. The molecule has 2 heterocycles. The SMILES string of the molecule is CC(N)c1nc(C(=O)Nc2ccc(C(=O)O)nc2)cs1. The number of carbonyl (C=O) groups excluding carboxylic acids is 1. The van der Waals surface area contributed by atoms with E-state index in [2.05, 4.69) is 15.3 Å². The van der Waals surface area contributed by atoms with Gasteiger partial charge in [0.25, 0.3) is 5.91 Å². The highest BCUT2D eigenvalue weighted by molar-refractivity contribution is 7.09. The zero-order valence-electron chi connectivity index (χ0n) is 10.5. The lowest BCUT2D eigenvalue weighted by atomic mass is 10.3. The fourth-order valence-electron chi connectivity index (χ4n) is 1.39. The average Bonchev–Trinajstić information content (AvgIpc) is 2.89. The summed E-state index contributed by atoms with van der Waals surface area (Å²) in [7, 11) is 0. The van der Waals surface area contributed by atoms with Crippen molar-refractivity contribution < 1.29 is 14.7 Å². The number of carboxylic acid groups (broad SMARTS) is 1. The lowest BCUT2D eigenvalue weighted by molar-refractivity contribution is 0.0690. The van der Waals surface area contributed by atoms with Crippen LogP contribution >= 0.6 is 11.3 Å². The summed E-state index contributed by atoms with van der Waals surface area (Å²) in [6.07, 6.45) is 1.28. The molecule has 104 valence electrons. The molecule has 8 heteroatoms. The van der Waals surface area contributed by atoms with Crippen LogP contribution in [0.4, 0.5) is 5.69 Å². The molecule has 1 amide bonds. The summed E-state index contributed by atoms with van der Waals surface area (Å²) < 4.78 is 0. The van der Waals surface area contributed by atoms with Crippen molar-refractivity contribution in [3.8, 4) is 0 Å². The van der Waals surface area contributed by atoms with Gasteiger partial charge in [-0.05, 0) is 19.1 Å². The molecule has 2 aromatic rings. The van der Waals surface area contributed by atoms with Gasteiger partial charge in [0.05, 0.1) is 17.9 Å². The molecule has 0 aliphatic carbocycles. The maximum absolute atomic E-state index is 11.9. The van der Waals surface area contributed by atoms with Gasteiger partial charge in [-0.2, -0.15) is 0 Å². The summed E-state index contributed by atoms with van der Waals surface area (Å²) in [6, 6.07) is 2.55. The Hall–Kier alpha value is -2.32. The third-order valence-electron chi connectivity index (χ3n) is 2.38. The van der Waals surface area contributed by atoms with Crippen LogP contribution in [-0.4, -0.2) is 27.0 Å². The molecule has 2 rings (SSSR count). The van der Waals surface area contributed by atoms with Crippen molar-refractivity contribution in [2.75, 3.05) is 5.32 Å². The van der Waals surface area contributed by atoms with Crippen LogP contribution in [0.3, 0.4) is 0 Å². The molecular weight excluding hydrogens is 280 g/mol. The highest BCUT2D eigenvalue weighted by Gasteiger charge is 2.13. The number of amides is 1. The Morgan fingerprint density at radius 2 is 2.15 bits per heavy atom. The lowest BCUT2D eigenvalue weighted by Gasteiger charge is -2.03. The number of carbonyl (C=O) groups is 2. The fraction of sp³-hybridized carbons (Fsp3) is 0.167. The molecule has 0 aliphatic heterocycles. The molecule has 0 spiro atoms. The first kappa shape index (κ1) is 14.1. The summed E-state index contributed by atoms with van der Waals surface area (Å²) in [5.74, 6) is -1.51. The van der Waals surface area contributed by atoms with Crippen molar-refractivity contribution in [3.05, 3.63) is 40.1 Å². The molecule has 4 N–H and O–H groups in total. The number of thiazole rings is 1. The summed E-state index contributed by atoms with van der Waals surface area (Å²) in [5.41, 5.74) is 6.25. The fourth-order valence-corrected chi connectivity index (χ4v) is 2.15. The molecule has 0 saturated heterocycles. The number of anilines is 1. The van der Waals surface area contributed by atoms with E-state index in [0.717, 1.165) is 0 Å². The maximum Gasteiger partial charge on any atom is 0.354 e. The summed E-state index contributed by atoms with van der Waals surface area (Å²) in [4.78, 5) is 30.4. The van der Waals surface area contributed by atoms with Crippen molar-refractivity contribution >= 4 is 28.9 Å². The van der Waals surface area contributed by atoms with Gasteiger partial charge < -0.3 is 16.2 Å². The number of carboxylic acids is 1. The molecule has 0 radical (unpaired) electrons. The number of nitrogens with two attached hydrogens (primary N) is 1. The van der Waals surface area contributed by atoms with E-state index >= 15 is 0 Å². The quantitative estimate of drug-likeness (QED) is 0.786. The largest absolute Gasteiger partial charge is 0.477 e. The average molecular weight is 292 g/mol. The summed E-state index contributed by atoms with van der Waals surface area (Å²) in [5, 5.41) is 13.6. The van der Waals surface area contributed by atoms with Crippen LogP contribution in [0.2, 0.25) is 0 Å². The van der Waals surface area contributed by atoms with Crippen molar-refractivity contribution in [1.82, 2.24) is 9.97 Å². The summed E-state index contributed by atoms with van der Waals surface area (Å²) in [6.45, 7) is 1.79. The number of nitrogens with one attached hydrogen (secondary N) is 1. The predicted octanol–water partition coefficient (Wildman–Crippen LogP) is 1.51. The Morgan fingerprint density at radius 3 is 2.65 bits per heavy atom. The zero-order chi connectivity index (χ0) is 14.7. The highest BCUT2D eigenvalue weighted by Crippen LogP contribution is 2.17. The van der Waals surface area contributed by atoms with Crippen molar-refractivity contribution in [2.24, 2.45) is 5.73 Å². The monoisotopic (exact) mass is 292 g/mol. The zero-order valence-corrected chi connectivity index (χ0v) is 11.3. The lowest BCUT2D eigenvalue weighted by Crippen LogP contribution is -2.14. The smallest absolute Gasteiger partial charge is 0.354 e. The van der Waals surface area contributed by atoms with E-state index in [1.54, 1.807) is 12.3 Å². The van der Waals surface area contributed by atoms with E-state index in [-0.39, 0.29) is 17.4 Å². The molecule has 0 saturated carbocycles. The van der Waals surface area contributed by atoms with E-state index in [9.17, 15) is 9.59 Å². The Kier molecular flexibility index (Phi) is 4.06. The van der Waals surface area contributed by atoms with Gasteiger partial charge in [-0.25, -0.2) is 14.8 Å². The standard InChI is InChI=1S/C12H12N4O3S/c1-6(13)11-16-9(5-20-11)10(17)15-7-2-3-8(12(18)19)14-4-7/h2-6H,13H2,1H3,(H,15,17)(H,18,19). The molecule has 20 heavy (non-hydrogen) atoms. The normalized spacial score (nSPS) is 11.9. The molecule has 1 unspecified atom stereocenters. The molecule has 0 fully saturated rings. The maximum atomic E-state index is 11.9. The Labute approximate surface area is 118 Å². The van der Waals surface area contributed by atoms with E-state index < -0.39 is 11.9 Å². The van der Waals surface area contributed by atoms with Crippen molar-refractivity contribution in [2.45, 2.75) is 13.0 Å². The van der Waals surface area contributed by atoms with E-state index in [4.69, 9.17) is 10.8 Å². The number of aromatic nitrogens is 2. The molecule has 0 aliphatic rings. The van der Waals surface area contributed by atoms with Gasteiger partial charge in [0.15, 0.2) is 0 Å². The van der Waals surface area contributed by atoms with Gasteiger partial charge in [0.1, 0.15) is 16.4 Å². The predicted molar refractivity (Wildman–Crippen MR) is 73.9 cm³/mol. The van der Waals surface area contributed by atoms with Gasteiger partial charge in [-0.3, -0.25) is 4.79 Å². The van der Waals surface area contributed by atoms with E-state index in [1.807, 2.05) is 0 Å². The molecule has 1 atom stereocenters. The van der Waals surface area contributed by atoms with Crippen LogP contribution in [0.25, 0.3) is 0 Å². The van der Waals surface area contributed by atoms with Crippen LogP contribution in [0.5, 0.6) is 0 Å². The minimum Gasteiger partial charge on any atom is -0.477 e. The van der Waals surface area contributed by atoms with Gasteiger partial charge in [0, 0.05) is 5.38 Å². The van der Waals surface area contributed by atoms with Crippen LogP contribution in [0, 0.1) is 0 Å². The Balaban J connectivity index is 2.08.